The van der Waals surface area contributed by atoms with Crippen molar-refractivity contribution in [3.05, 3.63) is 42.5 Å². The quantitative estimate of drug-likeness (QED) is 0.489. The van der Waals surface area contributed by atoms with Crippen molar-refractivity contribution in [2.24, 2.45) is 0 Å². The fourth-order valence-electron chi connectivity index (χ4n) is 1.29. The molecule has 0 saturated carbocycles. The summed E-state index contributed by atoms with van der Waals surface area (Å²) in [6.07, 6.45) is 0. The number of ether oxygens (including phenoxy) is 1. The van der Waals surface area contributed by atoms with Crippen molar-refractivity contribution in [2.75, 3.05) is 7.11 Å². The molecule has 2 aromatic carbocycles. The fourth-order valence-corrected chi connectivity index (χ4v) is 1.29. The normalized spacial score (nSPS) is 8.07. The number of benzene rings is 2. The van der Waals surface area contributed by atoms with Gasteiger partial charge in [0.2, 0.25) is 0 Å². The van der Waals surface area contributed by atoms with Gasteiger partial charge in [0, 0.05) is 0 Å². The van der Waals surface area contributed by atoms with Gasteiger partial charge in [-0.1, -0.05) is 30.3 Å². The van der Waals surface area contributed by atoms with E-state index >= 15 is 0 Å². The monoisotopic (exact) mass is 340 g/mol. The van der Waals surface area contributed by atoms with Crippen LogP contribution in [0.5, 0.6) is 5.75 Å². The maximum Gasteiger partial charge on any atom is 2.00 e. The molecule has 4 heteroatoms. The van der Waals surface area contributed by atoms with Crippen LogP contribution in [-0.2, 0) is 0 Å². The van der Waals surface area contributed by atoms with E-state index in [0.29, 0.717) is 0 Å². The van der Waals surface area contributed by atoms with Gasteiger partial charge in [-0.3, -0.25) is 0 Å². The minimum Gasteiger partial charge on any atom is -1.00 e. The molecule has 0 aromatic heterocycles. The summed E-state index contributed by atoms with van der Waals surface area (Å²) in [5.41, 5.74) is 0. The standard InChI is InChI=1S/C11H10O.2BrH.Mg/c1-12-11-7-6-9-4-2-3-5-10(9)8-11;;;/h2-8H,1H3;2*1H;/q;;;+2/p-2. The molecular formula is C11H10Br2MgO. The zero-order valence-electron chi connectivity index (χ0n) is 8.41. The molecule has 0 N–H and O–H groups in total. The second-order valence-electron chi connectivity index (χ2n) is 2.71. The molecule has 1 nitrogen and oxygen atoms in total. The zero-order valence-corrected chi connectivity index (χ0v) is 13.0. The van der Waals surface area contributed by atoms with E-state index in [2.05, 4.69) is 18.2 Å². The van der Waals surface area contributed by atoms with Crippen molar-refractivity contribution in [2.45, 2.75) is 0 Å². The van der Waals surface area contributed by atoms with Crippen LogP contribution in [0.2, 0.25) is 0 Å². The van der Waals surface area contributed by atoms with Gasteiger partial charge in [0.1, 0.15) is 5.75 Å². The number of halogens is 2. The second kappa shape index (κ2) is 8.39. The Kier molecular flexibility index (Phi) is 9.85. The van der Waals surface area contributed by atoms with Gasteiger partial charge in [-0.25, -0.2) is 0 Å². The van der Waals surface area contributed by atoms with Crippen molar-refractivity contribution in [3.63, 3.8) is 0 Å². The molecule has 76 valence electrons. The molecule has 15 heavy (non-hydrogen) atoms. The molecule has 2 aromatic rings. The van der Waals surface area contributed by atoms with E-state index in [1.165, 1.54) is 10.8 Å². The van der Waals surface area contributed by atoms with E-state index in [9.17, 15) is 0 Å². The average molecular weight is 342 g/mol. The Morgan fingerprint density at radius 2 is 1.47 bits per heavy atom. The largest absolute Gasteiger partial charge is 2.00 e. The van der Waals surface area contributed by atoms with Gasteiger partial charge < -0.3 is 38.7 Å². The van der Waals surface area contributed by atoms with Crippen molar-refractivity contribution in [1.82, 2.24) is 0 Å². The molecular weight excluding hydrogens is 332 g/mol. The van der Waals surface area contributed by atoms with Crippen LogP contribution in [0, 0.1) is 0 Å². The molecule has 2 rings (SSSR count). The predicted molar refractivity (Wildman–Crippen MR) is 56.3 cm³/mol. The van der Waals surface area contributed by atoms with Crippen LogP contribution in [0.25, 0.3) is 10.8 Å². The molecule has 0 saturated heterocycles. The second-order valence-corrected chi connectivity index (χ2v) is 2.71. The van der Waals surface area contributed by atoms with Crippen molar-refractivity contribution in [1.29, 1.82) is 0 Å². The summed E-state index contributed by atoms with van der Waals surface area (Å²) in [6.45, 7) is 0. The first-order valence-electron chi connectivity index (χ1n) is 3.93. The van der Waals surface area contributed by atoms with Crippen LogP contribution < -0.4 is 38.7 Å². The summed E-state index contributed by atoms with van der Waals surface area (Å²) >= 11 is 0. The molecule has 0 spiro atoms. The van der Waals surface area contributed by atoms with Gasteiger partial charge >= 0.3 is 23.1 Å². The molecule has 0 unspecified atom stereocenters. The van der Waals surface area contributed by atoms with Gasteiger partial charge in [0.25, 0.3) is 0 Å². The topological polar surface area (TPSA) is 9.23 Å². The third-order valence-corrected chi connectivity index (χ3v) is 1.96. The van der Waals surface area contributed by atoms with Crippen molar-refractivity contribution in [3.8, 4) is 5.75 Å². The van der Waals surface area contributed by atoms with Crippen LogP contribution in [0.15, 0.2) is 42.5 Å². The SMILES string of the molecule is COc1ccc2ccccc2c1.[Br-].[Br-].[Mg+2]. The van der Waals surface area contributed by atoms with E-state index in [1.807, 2.05) is 24.3 Å². The summed E-state index contributed by atoms with van der Waals surface area (Å²) < 4.78 is 5.12. The Morgan fingerprint density at radius 1 is 0.867 bits per heavy atom. The van der Waals surface area contributed by atoms with E-state index in [4.69, 9.17) is 4.74 Å². The zero-order chi connectivity index (χ0) is 8.39. The van der Waals surface area contributed by atoms with Crippen molar-refractivity contribution >= 4 is 33.8 Å². The maximum absolute atomic E-state index is 5.12. The third-order valence-electron chi connectivity index (χ3n) is 1.96. The Bertz CT molecular complexity index is 406. The van der Waals surface area contributed by atoms with E-state index < -0.39 is 0 Å². The first-order valence-corrected chi connectivity index (χ1v) is 3.93. The Hall–Kier alpha value is 0.226. The summed E-state index contributed by atoms with van der Waals surface area (Å²) in [6, 6.07) is 14.3. The molecule has 0 bridgehead atoms. The Morgan fingerprint density at radius 3 is 2.07 bits per heavy atom. The number of methoxy groups -OCH3 is 1. The molecule has 0 amide bonds. The molecule has 0 aliphatic heterocycles. The van der Waals surface area contributed by atoms with Gasteiger partial charge in [-0.15, -0.1) is 0 Å². The first-order chi connectivity index (χ1) is 5.90. The number of fused-ring (bicyclic) bond motifs is 1. The van der Waals surface area contributed by atoms with Crippen LogP contribution in [-0.4, -0.2) is 30.2 Å². The summed E-state index contributed by atoms with van der Waals surface area (Å²) in [5.74, 6) is 0.911. The van der Waals surface area contributed by atoms with E-state index in [0.717, 1.165) is 5.75 Å². The molecule has 0 heterocycles. The minimum absolute atomic E-state index is 0. The molecule has 0 radical (unpaired) electrons. The molecule has 0 aliphatic carbocycles. The average Bonchev–Trinajstić information content (AvgIpc) is 2.17. The minimum atomic E-state index is 0. The predicted octanol–water partition coefficient (Wildman–Crippen LogP) is -3.52. The number of hydrogen-bond donors (Lipinski definition) is 0. The number of hydrogen-bond acceptors (Lipinski definition) is 1. The van der Waals surface area contributed by atoms with Crippen LogP contribution >= 0.6 is 0 Å². The van der Waals surface area contributed by atoms with E-state index in [-0.39, 0.29) is 57.0 Å². The van der Waals surface area contributed by atoms with Gasteiger partial charge in [-0.05, 0) is 22.9 Å². The molecule has 0 fully saturated rings. The Balaban J connectivity index is 0. The fraction of sp³-hybridized carbons (Fsp3) is 0.0909. The van der Waals surface area contributed by atoms with Gasteiger partial charge in [0.05, 0.1) is 7.11 Å². The summed E-state index contributed by atoms with van der Waals surface area (Å²) in [5, 5.41) is 2.47. The van der Waals surface area contributed by atoms with Crippen LogP contribution in [0.4, 0.5) is 0 Å². The van der Waals surface area contributed by atoms with Crippen LogP contribution in [0.1, 0.15) is 0 Å². The summed E-state index contributed by atoms with van der Waals surface area (Å²) in [7, 11) is 1.68. The number of rotatable bonds is 1. The molecule has 0 aliphatic rings. The van der Waals surface area contributed by atoms with Gasteiger partial charge in [-0.2, -0.15) is 0 Å². The third kappa shape index (κ3) is 4.30. The molecule has 0 atom stereocenters. The van der Waals surface area contributed by atoms with Crippen molar-refractivity contribution < 1.29 is 38.7 Å². The summed E-state index contributed by atoms with van der Waals surface area (Å²) in [4.78, 5) is 0. The smallest absolute Gasteiger partial charge is 1.00 e. The van der Waals surface area contributed by atoms with Gasteiger partial charge in [0.15, 0.2) is 0 Å². The maximum atomic E-state index is 5.12. The van der Waals surface area contributed by atoms with E-state index in [1.54, 1.807) is 7.11 Å². The Labute approximate surface area is 127 Å². The first kappa shape index (κ1) is 17.6. The van der Waals surface area contributed by atoms with Crippen LogP contribution in [0.3, 0.4) is 0 Å².